The van der Waals surface area contributed by atoms with Gasteiger partial charge >= 0.3 is 0 Å². The van der Waals surface area contributed by atoms with Crippen molar-refractivity contribution in [1.29, 1.82) is 5.26 Å². The van der Waals surface area contributed by atoms with E-state index in [-0.39, 0.29) is 0 Å². The number of anilines is 6. The van der Waals surface area contributed by atoms with E-state index in [1.54, 1.807) is 0 Å². The lowest BCUT2D eigenvalue weighted by Gasteiger charge is -2.26. The maximum Gasteiger partial charge on any atom is 0.100 e. The third-order valence-corrected chi connectivity index (χ3v) is 8.91. The van der Waals surface area contributed by atoms with Gasteiger partial charge in [0.25, 0.3) is 0 Å². The minimum Gasteiger partial charge on any atom is -0.311 e. The van der Waals surface area contributed by atoms with Crippen LogP contribution in [0, 0.1) is 11.3 Å². The Morgan fingerprint density at radius 1 is 0.367 bits per heavy atom. The largest absolute Gasteiger partial charge is 0.311 e. The summed E-state index contributed by atoms with van der Waals surface area (Å²) in [5.41, 5.74) is 10.6. The zero-order valence-corrected chi connectivity index (χ0v) is 28.3. The Morgan fingerprint density at radius 2 is 0.653 bits per heavy atom. The number of para-hydroxylation sites is 4. The van der Waals surface area contributed by atoms with Gasteiger partial charge in [0.1, 0.15) is 6.07 Å². The highest BCUT2D eigenvalue weighted by atomic mass is 79.9. The molecule has 3 nitrogen and oxygen atoms in total. The molecule has 0 aliphatic carbocycles. The van der Waals surface area contributed by atoms with Crippen molar-refractivity contribution in [3.8, 4) is 6.07 Å². The van der Waals surface area contributed by atoms with Crippen molar-refractivity contribution in [3.05, 3.63) is 215 Å². The Labute approximate surface area is 296 Å². The maximum atomic E-state index is 10.7. The van der Waals surface area contributed by atoms with Crippen LogP contribution in [0.2, 0.25) is 0 Å². The van der Waals surface area contributed by atoms with Gasteiger partial charge in [0.05, 0.1) is 5.57 Å². The summed E-state index contributed by atoms with van der Waals surface area (Å²) in [6.45, 7) is 0. The summed E-state index contributed by atoms with van der Waals surface area (Å²) in [7, 11) is 0. The van der Waals surface area contributed by atoms with Crippen LogP contribution >= 0.6 is 15.9 Å². The summed E-state index contributed by atoms with van der Waals surface area (Å²) in [6, 6.07) is 69.0. The molecule has 4 heteroatoms. The Hall–Kier alpha value is -6.15. The van der Waals surface area contributed by atoms with Crippen molar-refractivity contribution in [3.63, 3.8) is 0 Å². The number of rotatable bonds is 9. The van der Waals surface area contributed by atoms with Crippen LogP contribution in [0.1, 0.15) is 16.7 Å². The summed E-state index contributed by atoms with van der Waals surface area (Å²) in [5.74, 6) is 0. The van der Waals surface area contributed by atoms with Crippen LogP contribution in [0.3, 0.4) is 0 Å². The molecule has 0 spiro atoms. The van der Waals surface area contributed by atoms with Gasteiger partial charge in [-0.05, 0) is 102 Å². The Morgan fingerprint density at radius 3 is 0.959 bits per heavy atom. The molecule has 234 valence electrons. The zero-order valence-electron chi connectivity index (χ0n) is 26.7. The highest BCUT2D eigenvalue weighted by Gasteiger charge is 2.18. The predicted octanol–water partition coefficient (Wildman–Crippen LogP) is 12.9. The van der Waals surface area contributed by atoms with Crippen molar-refractivity contribution in [2.24, 2.45) is 0 Å². The number of hydrogen-bond acceptors (Lipinski definition) is 3. The summed E-state index contributed by atoms with van der Waals surface area (Å²) in [4.78, 5) is 4.48. The van der Waals surface area contributed by atoms with Gasteiger partial charge in [-0.2, -0.15) is 5.26 Å². The van der Waals surface area contributed by atoms with Crippen molar-refractivity contribution in [1.82, 2.24) is 0 Å². The summed E-state index contributed by atoms with van der Waals surface area (Å²) in [6.07, 6.45) is 0. The van der Waals surface area contributed by atoms with E-state index in [1.165, 1.54) is 0 Å². The number of nitrogens with zero attached hydrogens (tertiary/aromatic N) is 3. The topological polar surface area (TPSA) is 30.3 Å². The van der Waals surface area contributed by atoms with Crippen molar-refractivity contribution < 1.29 is 0 Å². The third-order valence-electron chi connectivity index (χ3n) is 8.38. The fraction of sp³-hybridized carbons (Fsp3) is 0. The fourth-order valence-electron chi connectivity index (χ4n) is 6.09. The average Bonchev–Trinajstić information content (AvgIpc) is 3.17. The molecule has 0 heterocycles. The molecule has 0 aliphatic rings. The van der Waals surface area contributed by atoms with Gasteiger partial charge in [-0.1, -0.05) is 125 Å². The second kappa shape index (κ2) is 14.7. The van der Waals surface area contributed by atoms with E-state index in [2.05, 4.69) is 177 Å². The number of nitriles is 1. The Kier molecular flexibility index (Phi) is 9.46. The van der Waals surface area contributed by atoms with Crippen molar-refractivity contribution >= 4 is 61.2 Å². The standard InChI is InChI=1S/C45H32BrN3/c46-37-27-21-34(22-28-37)44(33-47)45(35-23-29-42(30-24-35)48(38-13-5-1-6-14-38)39-15-7-2-8-16-39)36-25-31-43(32-26-36)49(40-17-9-3-10-18-40)41-19-11-4-12-20-41/h1-32H. The van der Waals surface area contributed by atoms with Gasteiger partial charge in [-0.25, -0.2) is 0 Å². The van der Waals surface area contributed by atoms with Gasteiger partial charge < -0.3 is 9.80 Å². The summed E-state index contributed by atoms with van der Waals surface area (Å²) >= 11 is 3.55. The van der Waals surface area contributed by atoms with Crippen LogP contribution in [0.15, 0.2) is 199 Å². The first-order chi connectivity index (χ1) is 24.2. The third kappa shape index (κ3) is 6.94. The first kappa shape index (κ1) is 31.4. The van der Waals surface area contributed by atoms with Crippen LogP contribution in [0.5, 0.6) is 0 Å². The molecule has 0 amide bonds. The lowest BCUT2D eigenvalue weighted by Crippen LogP contribution is -2.10. The van der Waals surface area contributed by atoms with Gasteiger partial charge in [0.2, 0.25) is 0 Å². The van der Waals surface area contributed by atoms with E-state index in [9.17, 15) is 5.26 Å². The van der Waals surface area contributed by atoms with Gasteiger partial charge in [-0.15, -0.1) is 0 Å². The number of allylic oxidation sites excluding steroid dienone is 1. The number of benzene rings is 7. The van der Waals surface area contributed by atoms with E-state index in [0.717, 1.165) is 60.9 Å². The summed E-state index contributed by atoms with van der Waals surface area (Å²) < 4.78 is 0.965. The zero-order chi connectivity index (χ0) is 33.4. The molecule has 7 aromatic rings. The van der Waals surface area contributed by atoms with Crippen LogP contribution in [-0.2, 0) is 0 Å². The smallest absolute Gasteiger partial charge is 0.100 e. The van der Waals surface area contributed by atoms with Crippen LogP contribution in [0.25, 0.3) is 11.1 Å². The fourth-order valence-corrected chi connectivity index (χ4v) is 6.36. The van der Waals surface area contributed by atoms with E-state index in [4.69, 9.17) is 0 Å². The van der Waals surface area contributed by atoms with Gasteiger partial charge in [-0.3, -0.25) is 0 Å². The second-order valence-corrected chi connectivity index (χ2v) is 12.4. The SMILES string of the molecule is N#CC(=C(c1ccc(N(c2ccccc2)c2ccccc2)cc1)c1ccc(N(c2ccccc2)c2ccccc2)cc1)c1ccc(Br)cc1. The number of halogens is 1. The first-order valence-corrected chi connectivity index (χ1v) is 16.9. The molecule has 7 rings (SSSR count). The molecule has 0 saturated heterocycles. The minimum atomic E-state index is 0.610. The molecule has 0 N–H and O–H groups in total. The highest BCUT2D eigenvalue weighted by Crippen LogP contribution is 2.39. The molecule has 0 aliphatic heterocycles. The molecule has 0 unspecified atom stereocenters. The molecule has 0 fully saturated rings. The monoisotopic (exact) mass is 693 g/mol. The first-order valence-electron chi connectivity index (χ1n) is 16.1. The normalized spacial score (nSPS) is 10.5. The van der Waals surface area contributed by atoms with Crippen LogP contribution < -0.4 is 9.80 Å². The highest BCUT2D eigenvalue weighted by molar-refractivity contribution is 9.10. The van der Waals surface area contributed by atoms with E-state index < -0.39 is 0 Å². The summed E-state index contributed by atoms with van der Waals surface area (Å²) in [5, 5.41) is 10.7. The molecule has 0 radical (unpaired) electrons. The lowest BCUT2D eigenvalue weighted by atomic mass is 9.89. The molecule has 49 heavy (non-hydrogen) atoms. The number of hydrogen-bond donors (Lipinski definition) is 0. The van der Waals surface area contributed by atoms with E-state index in [0.29, 0.717) is 5.57 Å². The molecular weight excluding hydrogens is 662 g/mol. The van der Waals surface area contributed by atoms with E-state index in [1.807, 2.05) is 48.5 Å². The molecule has 0 bridgehead atoms. The van der Waals surface area contributed by atoms with Crippen LogP contribution in [0.4, 0.5) is 34.1 Å². The molecular formula is C45H32BrN3. The molecule has 0 atom stereocenters. The maximum absolute atomic E-state index is 10.7. The molecule has 0 aromatic heterocycles. The average molecular weight is 695 g/mol. The molecule has 7 aromatic carbocycles. The minimum absolute atomic E-state index is 0.610. The molecule has 0 saturated carbocycles. The predicted molar refractivity (Wildman–Crippen MR) is 208 cm³/mol. The second-order valence-electron chi connectivity index (χ2n) is 11.5. The Balaban J connectivity index is 1.34. The van der Waals surface area contributed by atoms with Gasteiger partial charge in [0, 0.05) is 44.2 Å². The van der Waals surface area contributed by atoms with Crippen LogP contribution in [-0.4, -0.2) is 0 Å². The quantitative estimate of drug-likeness (QED) is 0.111. The van der Waals surface area contributed by atoms with Gasteiger partial charge in [0.15, 0.2) is 0 Å². The van der Waals surface area contributed by atoms with Crippen molar-refractivity contribution in [2.45, 2.75) is 0 Å². The van der Waals surface area contributed by atoms with Crippen molar-refractivity contribution in [2.75, 3.05) is 9.80 Å². The lowest BCUT2D eigenvalue weighted by molar-refractivity contribution is 1.28. The Bertz CT molecular complexity index is 1980. The van der Waals surface area contributed by atoms with E-state index >= 15 is 0 Å².